The van der Waals surface area contributed by atoms with Crippen LogP contribution in [0.25, 0.3) is 0 Å². The van der Waals surface area contributed by atoms with E-state index in [9.17, 15) is 4.79 Å². The van der Waals surface area contributed by atoms with E-state index >= 15 is 0 Å². The number of hydrogen-bond acceptors (Lipinski definition) is 3. The molecule has 2 heterocycles. The minimum atomic E-state index is -0.190. The number of pyridine rings is 1. The Morgan fingerprint density at radius 1 is 1.37 bits per heavy atom. The fourth-order valence-corrected chi connectivity index (χ4v) is 2.96. The average Bonchev–Trinajstić information content (AvgIpc) is 2.89. The van der Waals surface area contributed by atoms with Crippen molar-refractivity contribution in [2.75, 3.05) is 0 Å². The van der Waals surface area contributed by atoms with E-state index in [-0.39, 0.29) is 17.1 Å². The van der Waals surface area contributed by atoms with Gasteiger partial charge in [-0.2, -0.15) is 0 Å². The van der Waals surface area contributed by atoms with Gasteiger partial charge in [-0.05, 0) is 29.5 Å². The van der Waals surface area contributed by atoms with Crippen molar-refractivity contribution in [3.05, 3.63) is 51.4 Å². The molecule has 2 aromatic rings. The molecule has 0 aliphatic rings. The molecule has 19 heavy (non-hydrogen) atoms. The second-order valence-corrected chi connectivity index (χ2v) is 5.89. The molecular formula is C14H15ClN2OS. The van der Waals surface area contributed by atoms with E-state index in [0.29, 0.717) is 11.5 Å². The number of amides is 1. The Hall–Kier alpha value is -1.39. The number of nitrogens with one attached hydrogen (secondary N) is 1. The van der Waals surface area contributed by atoms with E-state index in [1.165, 1.54) is 0 Å². The van der Waals surface area contributed by atoms with Gasteiger partial charge in [0.1, 0.15) is 5.15 Å². The number of hydrogen-bond donors (Lipinski definition) is 1. The topological polar surface area (TPSA) is 42.0 Å². The highest BCUT2D eigenvalue weighted by Crippen LogP contribution is 2.26. The first kappa shape index (κ1) is 14.0. The van der Waals surface area contributed by atoms with Gasteiger partial charge in [0.05, 0.1) is 11.6 Å². The first-order chi connectivity index (χ1) is 9.09. The molecule has 100 valence electrons. The van der Waals surface area contributed by atoms with Gasteiger partial charge in [-0.3, -0.25) is 4.79 Å². The molecule has 0 aliphatic heterocycles. The summed E-state index contributed by atoms with van der Waals surface area (Å²) in [6.07, 6.45) is 1.57. The average molecular weight is 295 g/mol. The summed E-state index contributed by atoms with van der Waals surface area (Å²) in [7, 11) is 0. The molecule has 0 saturated heterocycles. The normalized spacial score (nSPS) is 12.4. The van der Waals surface area contributed by atoms with Crippen molar-refractivity contribution in [3.8, 4) is 0 Å². The lowest BCUT2D eigenvalue weighted by atomic mass is 10.0. The maximum Gasteiger partial charge on any atom is 0.254 e. The van der Waals surface area contributed by atoms with Crippen molar-refractivity contribution < 1.29 is 4.79 Å². The van der Waals surface area contributed by atoms with Crippen molar-refractivity contribution in [2.24, 2.45) is 5.92 Å². The van der Waals surface area contributed by atoms with E-state index in [2.05, 4.69) is 24.1 Å². The van der Waals surface area contributed by atoms with Crippen molar-refractivity contribution in [2.45, 2.75) is 19.9 Å². The van der Waals surface area contributed by atoms with Gasteiger partial charge in [0.15, 0.2) is 0 Å². The van der Waals surface area contributed by atoms with Gasteiger partial charge >= 0.3 is 0 Å². The van der Waals surface area contributed by atoms with Crippen LogP contribution in [0, 0.1) is 5.92 Å². The van der Waals surface area contributed by atoms with E-state index in [1.54, 1.807) is 29.7 Å². The molecular weight excluding hydrogens is 280 g/mol. The molecule has 0 radical (unpaired) electrons. The number of thiophene rings is 1. The molecule has 0 fully saturated rings. The highest BCUT2D eigenvalue weighted by Gasteiger charge is 2.21. The van der Waals surface area contributed by atoms with E-state index in [1.807, 2.05) is 17.5 Å². The number of rotatable bonds is 4. The Balaban J connectivity index is 2.19. The summed E-state index contributed by atoms with van der Waals surface area (Å²) in [5, 5.41) is 5.26. The molecule has 0 aliphatic carbocycles. The van der Waals surface area contributed by atoms with Crippen LogP contribution in [0.5, 0.6) is 0 Å². The number of nitrogens with zero attached hydrogens (tertiary/aromatic N) is 1. The standard InChI is InChI=1S/C14H15ClN2OS/c1-9(2)12(11-6-4-8-19-11)17-14(18)10-5-3-7-16-13(10)15/h3-9,12H,1-2H3,(H,17,18). The lowest BCUT2D eigenvalue weighted by molar-refractivity contribution is 0.0926. The zero-order chi connectivity index (χ0) is 13.8. The van der Waals surface area contributed by atoms with E-state index in [4.69, 9.17) is 11.6 Å². The summed E-state index contributed by atoms with van der Waals surface area (Å²) in [5.74, 6) is 0.114. The van der Waals surface area contributed by atoms with Crippen LogP contribution in [0.4, 0.5) is 0 Å². The number of halogens is 1. The Kier molecular flexibility index (Phi) is 4.56. The zero-order valence-corrected chi connectivity index (χ0v) is 12.3. The van der Waals surface area contributed by atoms with E-state index < -0.39 is 0 Å². The monoisotopic (exact) mass is 294 g/mol. The van der Waals surface area contributed by atoms with Crippen molar-refractivity contribution in [1.29, 1.82) is 0 Å². The third kappa shape index (κ3) is 3.33. The maximum atomic E-state index is 12.2. The van der Waals surface area contributed by atoms with Crippen molar-refractivity contribution in [1.82, 2.24) is 10.3 Å². The zero-order valence-electron chi connectivity index (χ0n) is 10.8. The lowest BCUT2D eigenvalue weighted by Gasteiger charge is -2.21. The van der Waals surface area contributed by atoms with Gasteiger partial charge in [0.2, 0.25) is 0 Å². The molecule has 1 N–H and O–H groups in total. The van der Waals surface area contributed by atoms with Gasteiger partial charge in [-0.1, -0.05) is 31.5 Å². The van der Waals surface area contributed by atoms with Crippen LogP contribution in [-0.4, -0.2) is 10.9 Å². The predicted molar refractivity (Wildman–Crippen MR) is 78.6 cm³/mol. The van der Waals surface area contributed by atoms with Crippen LogP contribution in [0.1, 0.15) is 35.1 Å². The summed E-state index contributed by atoms with van der Waals surface area (Å²) in [6.45, 7) is 4.16. The first-order valence-corrected chi connectivity index (χ1v) is 7.30. The summed E-state index contributed by atoms with van der Waals surface area (Å²) in [5.41, 5.74) is 0.409. The summed E-state index contributed by atoms with van der Waals surface area (Å²) in [4.78, 5) is 17.3. The predicted octanol–water partition coefficient (Wildman–Crippen LogP) is 3.92. The molecule has 3 nitrogen and oxygen atoms in total. The molecule has 1 unspecified atom stereocenters. The first-order valence-electron chi connectivity index (χ1n) is 6.04. The molecule has 0 saturated carbocycles. The van der Waals surface area contributed by atoms with Crippen LogP contribution >= 0.6 is 22.9 Å². The van der Waals surface area contributed by atoms with Gasteiger partial charge < -0.3 is 5.32 Å². The second kappa shape index (κ2) is 6.17. The quantitative estimate of drug-likeness (QED) is 0.868. The third-order valence-electron chi connectivity index (χ3n) is 2.81. The largest absolute Gasteiger partial charge is 0.344 e. The number of carbonyl (C=O) groups is 1. The van der Waals surface area contributed by atoms with Gasteiger partial charge in [0.25, 0.3) is 5.91 Å². The summed E-state index contributed by atoms with van der Waals surface area (Å²) in [6, 6.07) is 7.38. The van der Waals surface area contributed by atoms with Crippen LogP contribution in [0.3, 0.4) is 0 Å². The molecule has 5 heteroatoms. The molecule has 2 rings (SSSR count). The summed E-state index contributed by atoms with van der Waals surface area (Å²) < 4.78 is 0. The smallest absolute Gasteiger partial charge is 0.254 e. The Labute approximate surface area is 121 Å². The molecule has 0 aromatic carbocycles. The van der Waals surface area contributed by atoms with Crippen molar-refractivity contribution in [3.63, 3.8) is 0 Å². The third-order valence-corrected chi connectivity index (χ3v) is 4.06. The molecule has 1 amide bonds. The lowest BCUT2D eigenvalue weighted by Crippen LogP contribution is -2.31. The number of aromatic nitrogens is 1. The SMILES string of the molecule is CC(C)C(NC(=O)c1cccnc1Cl)c1cccs1. The molecule has 0 bridgehead atoms. The Morgan fingerprint density at radius 2 is 2.16 bits per heavy atom. The van der Waals surface area contributed by atoms with Gasteiger partial charge in [-0.15, -0.1) is 11.3 Å². The molecule has 2 aromatic heterocycles. The molecule has 0 spiro atoms. The van der Waals surface area contributed by atoms with Crippen LogP contribution in [0.15, 0.2) is 35.8 Å². The number of carbonyl (C=O) groups excluding carboxylic acids is 1. The Bertz CT molecular complexity index is 554. The maximum absolute atomic E-state index is 12.2. The van der Waals surface area contributed by atoms with Crippen LogP contribution in [0.2, 0.25) is 5.15 Å². The highest BCUT2D eigenvalue weighted by atomic mass is 35.5. The van der Waals surface area contributed by atoms with Crippen LogP contribution in [-0.2, 0) is 0 Å². The highest BCUT2D eigenvalue weighted by molar-refractivity contribution is 7.10. The fourth-order valence-electron chi connectivity index (χ4n) is 1.81. The van der Waals surface area contributed by atoms with Gasteiger partial charge in [-0.25, -0.2) is 4.98 Å². The fraction of sp³-hybridized carbons (Fsp3) is 0.286. The van der Waals surface area contributed by atoms with Gasteiger partial charge in [0, 0.05) is 11.1 Å². The van der Waals surface area contributed by atoms with Crippen molar-refractivity contribution >= 4 is 28.8 Å². The second-order valence-electron chi connectivity index (χ2n) is 4.55. The minimum Gasteiger partial charge on any atom is -0.344 e. The minimum absolute atomic E-state index is 0.0104. The van der Waals surface area contributed by atoms with Crippen LogP contribution < -0.4 is 5.32 Å². The molecule has 1 atom stereocenters. The van der Waals surface area contributed by atoms with E-state index in [0.717, 1.165) is 4.88 Å². The summed E-state index contributed by atoms with van der Waals surface area (Å²) >= 11 is 7.58. The Morgan fingerprint density at radius 3 is 2.74 bits per heavy atom.